The molecule has 4 nitrogen and oxygen atoms in total. The van der Waals surface area contributed by atoms with Gasteiger partial charge in [0.25, 0.3) is 0 Å². The molecule has 1 saturated heterocycles. The van der Waals surface area contributed by atoms with Crippen molar-refractivity contribution in [2.45, 2.75) is 64.5 Å². The number of aliphatic hydroxyl groups is 1. The molecule has 1 unspecified atom stereocenters. The molecule has 2 fully saturated rings. The van der Waals surface area contributed by atoms with Gasteiger partial charge < -0.3 is 15.3 Å². The fraction of sp³-hybridized carbons (Fsp3) is 0.933. The normalized spacial score (nSPS) is 26.8. The third kappa shape index (κ3) is 3.29. The van der Waals surface area contributed by atoms with Gasteiger partial charge in [0.2, 0.25) is 5.91 Å². The second-order valence-electron chi connectivity index (χ2n) is 6.67. The molecule has 0 aromatic heterocycles. The first-order valence-electron chi connectivity index (χ1n) is 7.71. The van der Waals surface area contributed by atoms with Crippen LogP contribution in [0.1, 0.15) is 52.4 Å². The Hall–Kier alpha value is -0.610. The Kier molecular flexibility index (Phi) is 4.85. The Morgan fingerprint density at radius 3 is 2.63 bits per heavy atom. The van der Waals surface area contributed by atoms with E-state index in [0.29, 0.717) is 19.0 Å². The van der Waals surface area contributed by atoms with Gasteiger partial charge in [-0.05, 0) is 50.5 Å². The highest BCUT2D eigenvalue weighted by atomic mass is 16.3. The van der Waals surface area contributed by atoms with E-state index >= 15 is 0 Å². The van der Waals surface area contributed by atoms with Crippen LogP contribution in [-0.4, -0.2) is 47.7 Å². The van der Waals surface area contributed by atoms with E-state index < -0.39 is 0 Å². The van der Waals surface area contributed by atoms with Gasteiger partial charge in [-0.2, -0.15) is 0 Å². The van der Waals surface area contributed by atoms with E-state index in [1.807, 2.05) is 4.90 Å². The molecule has 1 heterocycles. The van der Waals surface area contributed by atoms with Crippen LogP contribution in [0.4, 0.5) is 0 Å². The van der Waals surface area contributed by atoms with Crippen LogP contribution < -0.4 is 5.32 Å². The molecule has 110 valence electrons. The van der Waals surface area contributed by atoms with Gasteiger partial charge in [0.05, 0.1) is 6.04 Å². The summed E-state index contributed by atoms with van der Waals surface area (Å²) in [5.41, 5.74) is 0.0382. The maximum absolute atomic E-state index is 12.8. The van der Waals surface area contributed by atoms with Crippen LogP contribution in [0, 0.1) is 5.41 Å². The van der Waals surface area contributed by atoms with Crippen molar-refractivity contribution >= 4 is 5.91 Å². The molecule has 1 aliphatic heterocycles. The Bertz CT molecular complexity index is 313. The summed E-state index contributed by atoms with van der Waals surface area (Å²) in [6, 6.07) is 0.360. The zero-order valence-electron chi connectivity index (χ0n) is 12.3. The highest BCUT2D eigenvalue weighted by Gasteiger charge is 2.41. The quantitative estimate of drug-likeness (QED) is 0.795. The molecular weight excluding hydrogens is 240 g/mol. The van der Waals surface area contributed by atoms with Gasteiger partial charge in [-0.1, -0.05) is 13.8 Å². The summed E-state index contributed by atoms with van der Waals surface area (Å²) in [5.74, 6) is 0.253. The predicted molar refractivity (Wildman–Crippen MR) is 75.9 cm³/mol. The Morgan fingerprint density at radius 2 is 2.11 bits per heavy atom. The van der Waals surface area contributed by atoms with Crippen LogP contribution in [0.3, 0.4) is 0 Å². The first kappa shape index (κ1) is 14.8. The average molecular weight is 268 g/mol. The Balaban J connectivity index is 2.04. The SMILES string of the molecule is CC1(C)CCCNC1C(=O)N(CCCO)C1CCC1. The highest BCUT2D eigenvalue weighted by Crippen LogP contribution is 2.33. The maximum atomic E-state index is 12.8. The zero-order valence-corrected chi connectivity index (χ0v) is 12.3. The van der Waals surface area contributed by atoms with Crippen LogP contribution in [-0.2, 0) is 4.79 Å². The molecule has 4 heteroatoms. The van der Waals surface area contributed by atoms with Crippen molar-refractivity contribution in [3.05, 3.63) is 0 Å². The van der Waals surface area contributed by atoms with E-state index in [9.17, 15) is 4.79 Å². The van der Waals surface area contributed by atoms with Gasteiger partial charge in [0, 0.05) is 19.2 Å². The van der Waals surface area contributed by atoms with Gasteiger partial charge >= 0.3 is 0 Å². The molecule has 0 bridgehead atoms. The lowest BCUT2D eigenvalue weighted by molar-refractivity contribution is -0.141. The number of hydrogen-bond donors (Lipinski definition) is 2. The zero-order chi connectivity index (χ0) is 13.9. The number of piperidine rings is 1. The number of rotatable bonds is 5. The minimum absolute atomic E-state index is 0.0382. The minimum atomic E-state index is -0.0551. The first-order chi connectivity index (χ1) is 9.06. The molecule has 0 aromatic carbocycles. The third-order valence-corrected chi connectivity index (χ3v) is 4.73. The number of nitrogens with one attached hydrogen (secondary N) is 1. The summed E-state index contributed by atoms with van der Waals surface area (Å²) in [6.45, 7) is 6.18. The Morgan fingerprint density at radius 1 is 1.37 bits per heavy atom. The summed E-state index contributed by atoms with van der Waals surface area (Å²) >= 11 is 0. The highest BCUT2D eigenvalue weighted by molar-refractivity contribution is 5.83. The van der Waals surface area contributed by atoms with E-state index in [1.165, 1.54) is 6.42 Å². The van der Waals surface area contributed by atoms with Crippen LogP contribution in [0.25, 0.3) is 0 Å². The molecule has 1 saturated carbocycles. The van der Waals surface area contributed by atoms with E-state index in [0.717, 1.165) is 32.2 Å². The molecule has 1 aliphatic carbocycles. The van der Waals surface area contributed by atoms with Crippen molar-refractivity contribution in [1.29, 1.82) is 0 Å². The van der Waals surface area contributed by atoms with Crippen molar-refractivity contribution in [2.24, 2.45) is 5.41 Å². The predicted octanol–water partition coefficient (Wildman–Crippen LogP) is 1.53. The monoisotopic (exact) mass is 268 g/mol. The van der Waals surface area contributed by atoms with Crippen LogP contribution in [0.2, 0.25) is 0 Å². The molecule has 1 amide bonds. The fourth-order valence-electron chi connectivity index (χ4n) is 3.21. The molecule has 19 heavy (non-hydrogen) atoms. The second kappa shape index (κ2) is 6.23. The topological polar surface area (TPSA) is 52.6 Å². The second-order valence-corrected chi connectivity index (χ2v) is 6.67. The standard InChI is InChI=1S/C15H28N2O2/c1-15(2)8-4-9-16-13(15)14(19)17(10-5-11-18)12-6-3-7-12/h12-13,16,18H,3-11H2,1-2H3. The van der Waals surface area contributed by atoms with Crippen molar-refractivity contribution in [3.63, 3.8) is 0 Å². The Labute approximate surface area is 116 Å². The van der Waals surface area contributed by atoms with Gasteiger partial charge in [-0.3, -0.25) is 4.79 Å². The molecule has 0 spiro atoms. The van der Waals surface area contributed by atoms with Crippen LogP contribution in [0.15, 0.2) is 0 Å². The molecule has 2 aliphatic rings. The minimum Gasteiger partial charge on any atom is -0.396 e. The first-order valence-corrected chi connectivity index (χ1v) is 7.71. The maximum Gasteiger partial charge on any atom is 0.240 e. The lowest BCUT2D eigenvalue weighted by Crippen LogP contribution is -2.59. The summed E-state index contributed by atoms with van der Waals surface area (Å²) < 4.78 is 0. The number of aliphatic hydroxyl groups excluding tert-OH is 1. The fourth-order valence-corrected chi connectivity index (χ4v) is 3.21. The van der Waals surface area contributed by atoms with E-state index in [-0.39, 0.29) is 24.0 Å². The largest absolute Gasteiger partial charge is 0.396 e. The summed E-state index contributed by atoms with van der Waals surface area (Å²) in [5, 5.41) is 12.4. The van der Waals surface area contributed by atoms with Crippen LogP contribution in [0.5, 0.6) is 0 Å². The van der Waals surface area contributed by atoms with Crippen molar-refractivity contribution in [3.8, 4) is 0 Å². The van der Waals surface area contributed by atoms with Crippen LogP contribution >= 0.6 is 0 Å². The number of nitrogens with zero attached hydrogens (tertiary/aromatic N) is 1. The van der Waals surface area contributed by atoms with E-state index in [2.05, 4.69) is 19.2 Å². The number of carbonyl (C=O) groups excluding carboxylic acids is 1. The number of hydrogen-bond acceptors (Lipinski definition) is 3. The van der Waals surface area contributed by atoms with Gasteiger partial charge in [-0.25, -0.2) is 0 Å². The molecular formula is C15H28N2O2. The molecule has 2 rings (SSSR count). The van der Waals surface area contributed by atoms with Gasteiger partial charge in [0.1, 0.15) is 0 Å². The van der Waals surface area contributed by atoms with Crippen molar-refractivity contribution in [1.82, 2.24) is 10.2 Å². The molecule has 2 N–H and O–H groups in total. The summed E-state index contributed by atoms with van der Waals surface area (Å²) in [6.07, 6.45) is 6.44. The molecule has 0 aromatic rings. The van der Waals surface area contributed by atoms with Gasteiger partial charge in [0.15, 0.2) is 0 Å². The lowest BCUT2D eigenvalue weighted by Gasteiger charge is -2.45. The molecule has 1 atom stereocenters. The average Bonchev–Trinajstić information content (AvgIpc) is 2.30. The van der Waals surface area contributed by atoms with E-state index in [1.54, 1.807) is 0 Å². The van der Waals surface area contributed by atoms with E-state index in [4.69, 9.17) is 5.11 Å². The third-order valence-electron chi connectivity index (χ3n) is 4.73. The lowest BCUT2D eigenvalue weighted by atomic mass is 9.76. The van der Waals surface area contributed by atoms with Crippen molar-refractivity contribution in [2.75, 3.05) is 19.7 Å². The van der Waals surface area contributed by atoms with Gasteiger partial charge in [-0.15, -0.1) is 0 Å². The molecule has 0 radical (unpaired) electrons. The number of carbonyl (C=O) groups is 1. The van der Waals surface area contributed by atoms with Crippen molar-refractivity contribution < 1.29 is 9.90 Å². The number of amides is 1. The summed E-state index contributed by atoms with van der Waals surface area (Å²) in [4.78, 5) is 14.9. The smallest absolute Gasteiger partial charge is 0.240 e. The summed E-state index contributed by atoms with van der Waals surface area (Å²) in [7, 11) is 0.